The number of benzene rings is 1. The summed E-state index contributed by atoms with van der Waals surface area (Å²) < 4.78 is 1.65. The molecule has 0 saturated heterocycles. The summed E-state index contributed by atoms with van der Waals surface area (Å²) in [6.07, 6.45) is 1.77. The largest absolute Gasteiger partial charge is 0.351 e. The van der Waals surface area contributed by atoms with Crippen molar-refractivity contribution in [2.75, 3.05) is 0 Å². The minimum absolute atomic E-state index is 0. The van der Waals surface area contributed by atoms with E-state index in [-0.39, 0.29) is 29.3 Å². The maximum absolute atomic E-state index is 12.0. The van der Waals surface area contributed by atoms with Crippen molar-refractivity contribution < 1.29 is 4.79 Å². The Morgan fingerprint density at radius 2 is 1.72 bits per heavy atom. The first-order chi connectivity index (χ1) is 11.3. The standard InChI is InChI=1S/C19H25N3O2.ClH/c1-19(2,3)17(20)18(24)21-12-14-7-9-15(10-8-14)13-22-11-5-4-6-16(22)23;/h4-11,17H,12-13,20H2,1-3H3,(H,21,24);1H/t17-;/m1./s1. The van der Waals surface area contributed by atoms with Gasteiger partial charge < -0.3 is 15.6 Å². The monoisotopic (exact) mass is 363 g/mol. The smallest absolute Gasteiger partial charge is 0.250 e. The van der Waals surface area contributed by atoms with Crippen LogP contribution in [0.1, 0.15) is 31.9 Å². The maximum atomic E-state index is 12.0. The van der Waals surface area contributed by atoms with Gasteiger partial charge in [-0.25, -0.2) is 0 Å². The Kier molecular flexibility index (Phi) is 7.39. The van der Waals surface area contributed by atoms with Crippen molar-refractivity contribution in [1.82, 2.24) is 9.88 Å². The molecule has 1 atom stereocenters. The number of nitrogens with zero attached hydrogens (tertiary/aromatic N) is 1. The number of halogens is 1. The van der Waals surface area contributed by atoms with Crippen molar-refractivity contribution in [3.8, 4) is 0 Å². The number of hydrogen-bond acceptors (Lipinski definition) is 3. The molecular formula is C19H26ClN3O2. The Balaban J connectivity index is 0.00000312. The van der Waals surface area contributed by atoms with Crippen LogP contribution in [0, 0.1) is 5.41 Å². The van der Waals surface area contributed by atoms with E-state index >= 15 is 0 Å². The van der Waals surface area contributed by atoms with Crippen molar-refractivity contribution in [2.24, 2.45) is 11.1 Å². The molecule has 2 rings (SSSR count). The van der Waals surface area contributed by atoms with Gasteiger partial charge in [-0.3, -0.25) is 9.59 Å². The fourth-order valence-corrected chi connectivity index (χ4v) is 2.24. The third-order valence-electron chi connectivity index (χ3n) is 3.96. The van der Waals surface area contributed by atoms with E-state index in [0.29, 0.717) is 13.1 Å². The van der Waals surface area contributed by atoms with Crippen molar-refractivity contribution >= 4 is 18.3 Å². The summed E-state index contributed by atoms with van der Waals surface area (Å²) in [6, 6.07) is 12.4. The fourth-order valence-electron chi connectivity index (χ4n) is 2.24. The van der Waals surface area contributed by atoms with Gasteiger partial charge in [0.1, 0.15) is 0 Å². The quantitative estimate of drug-likeness (QED) is 0.855. The SMILES string of the molecule is CC(C)(C)[C@H](N)C(=O)NCc1ccc(Cn2ccccc2=O)cc1.Cl. The predicted octanol–water partition coefficient (Wildman–Crippen LogP) is 2.31. The lowest BCUT2D eigenvalue weighted by Gasteiger charge is -2.25. The van der Waals surface area contributed by atoms with Crippen molar-refractivity contribution in [1.29, 1.82) is 0 Å². The van der Waals surface area contributed by atoms with Gasteiger partial charge >= 0.3 is 0 Å². The Morgan fingerprint density at radius 1 is 1.12 bits per heavy atom. The Hall–Kier alpha value is -2.11. The minimum Gasteiger partial charge on any atom is -0.351 e. The van der Waals surface area contributed by atoms with E-state index in [0.717, 1.165) is 11.1 Å². The van der Waals surface area contributed by atoms with Crippen LogP contribution in [0.4, 0.5) is 0 Å². The molecule has 0 fully saturated rings. The van der Waals surface area contributed by atoms with Gasteiger partial charge in [0.2, 0.25) is 5.91 Å². The zero-order chi connectivity index (χ0) is 17.7. The number of carbonyl (C=O) groups excluding carboxylic acids is 1. The highest BCUT2D eigenvalue weighted by molar-refractivity contribution is 5.85. The zero-order valence-corrected chi connectivity index (χ0v) is 15.7. The Bertz CT molecular complexity index is 748. The van der Waals surface area contributed by atoms with Crippen LogP contribution in [-0.4, -0.2) is 16.5 Å². The molecule has 5 nitrogen and oxygen atoms in total. The van der Waals surface area contributed by atoms with E-state index in [4.69, 9.17) is 5.73 Å². The summed E-state index contributed by atoms with van der Waals surface area (Å²) in [5.41, 5.74) is 7.67. The molecule has 25 heavy (non-hydrogen) atoms. The molecule has 0 unspecified atom stereocenters. The van der Waals surface area contributed by atoms with E-state index in [9.17, 15) is 9.59 Å². The molecule has 0 bridgehead atoms. The predicted molar refractivity (Wildman–Crippen MR) is 103 cm³/mol. The molecule has 1 amide bonds. The second-order valence-electron chi connectivity index (χ2n) is 7.04. The van der Waals surface area contributed by atoms with E-state index in [2.05, 4.69) is 5.32 Å². The van der Waals surface area contributed by atoms with Crippen LogP contribution < -0.4 is 16.6 Å². The van der Waals surface area contributed by atoms with Gasteiger partial charge in [0.05, 0.1) is 12.6 Å². The van der Waals surface area contributed by atoms with Crippen molar-refractivity contribution in [2.45, 2.75) is 39.9 Å². The van der Waals surface area contributed by atoms with Crippen LogP contribution in [0.3, 0.4) is 0 Å². The molecule has 136 valence electrons. The highest BCUT2D eigenvalue weighted by Crippen LogP contribution is 2.17. The molecule has 0 saturated carbocycles. The van der Waals surface area contributed by atoms with Gasteiger partial charge in [0, 0.05) is 18.8 Å². The topological polar surface area (TPSA) is 77.1 Å². The first kappa shape index (κ1) is 20.9. The lowest BCUT2D eigenvalue weighted by Crippen LogP contribution is -2.48. The average molecular weight is 364 g/mol. The maximum Gasteiger partial charge on any atom is 0.250 e. The molecule has 0 aliphatic rings. The number of pyridine rings is 1. The van der Waals surface area contributed by atoms with Crippen molar-refractivity contribution in [3.63, 3.8) is 0 Å². The van der Waals surface area contributed by atoms with Gasteiger partial charge in [-0.05, 0) is 22.6 Å². The third kappa shape index (κ3) is 6.03. The number of nitrogens with one attached hydrogen (secondary N) is 1. The summed E-state index contributed by atoms with van der Waals surface area (Å²) in [7, 11) is 0. The zero-order valence-electron chi connectivity index (χ0n) is 14.9. The lowest BCUT2D eigenvalue weighted by atomic mass is 9.87. The third-order valence-corrected chi connectivity index (χ3v) is 3.96. The summed E-state index contributed by atoms with van der Waals surface area (Å²) in [4.78, 5) is 23.8. The van der Waals surface area contributed by atoms with E-state index < -0.39 is 6.04 Å². The highest BCUT2D eigenvalue weighted by atomic mass is 35.5. The van der Waals surface area contributed by atoms with Crippen LogP contribution in [-0.2, 0) is 17.9 Å². The molecule has 0 aliphatic heterocycles. The molecule has 2 aromatic rings. The Labute approximate surface area is 154 Å². The van der Waals surface area contributed by atoms with Crippen LogP contribution in [0.2, 0.25) is 0 Å². The summed E-state index contributed by atoms with van der Waals surface area (Å²) in [5.74, 6) is -0.151. The second-order valence-corrected chi connectivity index (χ2v) is 7.04. The summed E-state index contributed by atoms with van der Waals surface area (Å²) in [6.45, 7) is 6.79. The summed E-state index contributed by atoms with van der Waals surface area (Å²) in [5, 5.41) is 2.86. The molecule has 1 aromatic carbocycles. The molecule has 6 heteroatoms. The summed E-state index contributed by atoms with van der Waals surface area (Å²) >= 11 is 0. The van der Waals surface area contributed by atoms with E-state index in [1.807, 2.05) is 51.1 Å². The number of nitrogens with two attached hydrogens (primary N) is 1. The molecule has 0 spiro atoms. The molecule has 0 aliphatic carbocycles. The van der Waals surface area contributed by atoms with Crippen LogP contribution in [0.5, 0.6) is 0 Å². The lowest BCUT2D eigenvalue weighted by molar-refractivity contribution is -0.124. The molecule has 0 radical (unpaired) electrons. The van der Waals surface area contributed by atoms with E-state index in [1.165, 1.54) is 0 Å². The molecule has 1 heterocycles. The first-order valence-electron chi connectivity index (χ1n) is 8.04. The second kappa shape index (κ2) is 8.83. The molecule has 1 aromatic heterocycles. The van der Waals surface area contributed by atoms with Crippen LogP contribution in [0.15, 0.2) is 53.5 Å². The minimum atomic E-state index is -0.540. The van der Waals surface area contributed by atoms with Gasteiger partial charge in [-0.1, -0.05) is 51.1 Å². The number of carbonyl (C=O) groups is 1. The Morgan fingerprint density at radius 3 is 2.28 bits per heavy atom. The molecule has 3 N–H and O–H groups in total. The average Bonchev–Trinajstić information content (AvgIpc) is 2.54. The van der Waals surface area contributed by atoms with Crippen molar-refractivity contribution in [3.05, 3.63) is 70.1 Å². The van der Waals surface area contributed by atoms with Gasteiger partial charge in [-0.15, -0.1) is 12.4 Å². The van der Waals surface area contributed by atoms with Gasteiger partial charge in [0.15, 0.2) is 0 Å². The number of hydrogen-bond donors (Lipinski definition) is 2. The fraction of sp³-hybridized carbons (Fsp3) is 0.368. The van der Waals surface area contributed by atoms with Crippen LogP contribution >= 0.6 is 12.4 Å². The number of rotatable bonds is 5. The van der Waals surface area contributed by atoms with Gasteiger partial charge in [-0.2, -0.15) is 0 Å². The van der Waals surface area contributed by atoms with E-state index in [1.54, 1.807) is 22.9 Å². The number of aromatic nitrogens is 1. The first-order valence-corrected chi connectivity index (χ1v) is 8.04. The highest BCUT2D eigenvalue weighted by Gasteiger charge is 2.26. The number of amides is 1. The normalized spacial score (nSPS) is 12.2. The molecular weight excluding hydrogens is 338 g/mol. The van der Waals surface area contributed by atoms with Crippen LogP contribution in [0.25, 0.3) is 0 Å². The van der Waals surface area contributed by atoms with Gasteiger partial charge in [0.25, 0.3) is 5.56 Å².